The first-order valence-electron chi connectivity index (χ1n) is 12.1. The van der Waals surface area contributed by atoms with E-state index in [9.17, 15) is 13.2 Å². The number of primary sulfonamides is 1. The zero-order valence-electron chi connectivity index (χ0n) is 20.0. The van der Waals surface area contributed by atoms with E-state index in [0.29, 0.717) is 25.0 Å². The van der Waals surface area contributed by atoms with Crippen LogP contribution in [0.3, 0.4) is 0 Å². The van der Waals surface area contributed by atoms with Gasteiger partial charge < -0.3 is 14.2 Å². The Morgan fingerprint density at radius 1 is 1.12 bits per heavy atom. The maximum atomic E-state index is 12.5. The molecule has 33 heavy (non-hydrogen) atoms. The van der Waals surface area contributed by atoms with Gasteiger partial charge in [-0.3, -0.25) is 4.79 Å². The number of benzene rings is 1. The molecule has 2 saturated carbocycles. The van der Waals surface area contributed by atoms with Gasteiger partial charge in [0.25, 0.3) is 0 Å². The first kappa shape index (κ1) is 24.2. The number of amides is 1. The van der Waals surface area contributed by atoms with E-state index in [1.165, 1.54) is 31.4 Å². The first-order valence-corrected chi connectivity index (χ1v) is 13.6. The number of carbonyl (C=O) groups is 1. The van der Waals surface area contributed by atoms with Crippen molar-refractivity contribution in [1.82, 2.24) is 9.47 Å². The quantitative estimate of drug-likeness (QED) is 0.723. The molecular formula is C25H39N3O4S. The van der Waals surface area contributed by atoms with Gasteiger partial charge in [0.15, 0.2) is 0 Å². The molecule has 1 aromatic heterocycles. The van der Waals surface area contributed by atoms with Gasteiger partial charge in [-0.1, -0.05) is 19.9 Å². The number of aromatic nitrogens is 1. The molecule has 3 aliphatic rings. The smallest absolute Gasteiger partial charge is 0.238 e. The number of ether oxygens (including phenoxy) is 1. The minimum Gasteiger partial charge on any atom is -0.378 e. The lowest BCUT2D eigenvalue weighted by Gasteiger charge is -2.40. The largest absolute Gasteiger partial charge is 0.378 e. The maximum Gasteiger partial charge on any atom is 0.238 e. The van der Waals surface area contributed by atoms with Gasteiger partial charge in [-0.15, -0.1) is 0 Å². The summed E-state index contributed by atoms with van der Waals surface area (Å²) >= 11 is 0. The molecule has 1 saturated heterocycles. The van der Waals surface area contributed by atoms with E-state index >= 15 is 0 Å². The molecule has 0 spiro atoms. The second-order valence-electron chi connectivity index (χ2n) is 10.3. The third kappa shape index (κ3) is 5.44. The molecule has 2 N–H and O–H groups in total. The van der Waals surface area contributed by atoms with Crippen LogP contribution in [0.5, 0.6) is 0 Å². The Labute approximate surface area is 198 Å². The van der Waals surface area contributed by atoms with Crippen molar-refractivity contribution in [3.8, 4) is 0 Å². The van der Waals surface area contributed by atoms with E-state index in [1.54, 1.807) is 12.1 Å². The normalized spacial score (nSPS) is 26.1. The van der Waals surface area contributed by atoms with Crippen molar-refractivity contribution in [3.05, 3.63) is 30.0 Å². The van der Waals surface area contributed by atoms with Gasteiger partial charge in [-0.2, -0.15) is 0 Å². The Bertz CT molecular complexity index is 1110. The topological polar surface area (TPSA) is 94.6 Å². The van der Waals surface area contributed by atoms with E-state index in [0.717, 1.165) is 42.8 Å². The zero-order chi connectivity index (χ0) is 23.8. The number of nitrogens with zero attached hydrogens (tertiary/aromatic N) is 2. The van der Waals surface area contributed by atoms with Gasteiger partial charge >= 0.3 is 0 Å². The Kier molecular flexibility index (Phi) is 6.90. The number of sulfonamides is 1. The van der Waals surface area contributed by atoms with Crippen LogP contribution in [-0.4, -0.2) is 50.1 Å². The van der Waals surface area contributed by atoms with E-state index in [-0.39, 0.29) is 11.7 Å². The lowest BCUT2D eigenvalue weighted by atomic mass is 9.71. The highest BCUT2D eigenvalue weighted by atomic mass is 32.2. The summed E-state index contributed by atoms with van der Waals surface area (Å²) in [4.78, 5) is 14.6. The van der Waals surface area contributed by atoms with E-state index in [1.807, 2.05) is 18.0 Å². The second kappa shape index (κ2) is 9.39. The number of hydrogen-bond donors (Lipinski definition) is 1. The number of aryl methyl sites for hydroxylation is 1. The van der Waals surface area contributed by atoms with Crippen LogP contribution in [0.1, 0.15) is 65.4 Å². The molecule has 3 fully saturated rings. The van der Waals surface area contributed by atoms with Crippen molar-refractivity contribution in [3.63, 3.8) is 0 Å². The fourth-order valence-corrected chi connectivity index (χ4v) is 5.57. The molecule has 2 aliphatic carbocycles. The van der Waals surface area contributed by atoms with Crippen molar-refractivity contribution < 1.29 is 19.4 Å². The van der Waals surface area contributed by atoms with E-state index in [4.69, 9.17) is 9.88 Å². The van der Waals surface area contributed by atoms with Crippen LogP contribution in [0.2, 0.25) is 0 Å². The van der Waals surface area contributed by atoms with E-state index in [2.05, 4.69) is 24.5 Å². The monoisotopic (exact) mass is 477 g/mol. The molecule has 1 amide bonds. The summed E-state index contributed by atoms with van der Waals surface area (Å²) in [6.07, 6.45) is 6.98. The standard InChI is InChI=1S/C13H23NO2.C12H14N2O2S.H2/c1-11-3-5-13(2,6-4-11)12(15)14-7-9-16-10-8-14;1-14-11(8-2-3-8)6-9-4-5-10(7-12(9)14)17(13,15)16;/h11H,3-10H2,1-2H3;4-8H,2-3H2,1H3,(H2,13,15,16);1H. The van der Waals surface area contributed by atoms with Crippen LogP contribution in [0, 0.1) is 11.3 Å². The first-order chi connectivity index (χ1) is 15.6. The van der Waals surface area contributed by atoms with Crippen LogP contribution >= 0.6 is 0 Å². The molecule has 0 unspecified atom stereocenters. The average Bonchev–Trinajstić information content (AvgIpc) is 3.59. The molecule has 8 heteroatoms. The molecule has 1 aliphatic heterocycles. The van der Waals surface area contributed by atoms with Gasteiger partial charge in [0.1, 0.15) is 0 Å². The zero-order valence-corrected chi connectivity index (χ0v) is 20.9. The van der Waals surface area contributed by atoms with Crippen LogP contribution in [0.4, 0.5) is 0 Å². The van der Waals surface area contributed by atoms with Crippen molar-refractivity contribution >= 4 is 26.8 Å². The van der Waals surface area contributed by atoms with Gasteiger partial charge in [-0.05, 0) is 73.9 Å². The number of carbonyl (C=O) groups excluding carboxylic acids is 1. The van der Waals surface area contributed by atoms with Crippen LogP contribution < -0.4 is 5.14 Å². The Morgan fingerprint density at radius 2 is 1.76 bits per heavy atom. The molecule has 184 valence electrons. The Balaban J connectivity index is 0.000000186. The molecule has 2 aromatic rings. The lowest BCUT2D eigenvalue weighted by molar-refractivity contribution is -0.147. The SMILES string of the molecule is CC1CCC(C)(C(=O)N2CCOCC2)CC1.Cn1c(C2CC2)cc2ccc(S(N)(=O)=O)cc21.[HH]. The van der Waals surface area contributed by atoms with Crippen LogP contribution in [-0.2, 0) is 26.6 Å². The number of fused-ring (bicyclic) bond motifs is 1. The predicted molar refractivity (Wildman–Crippen MR) is 132 cm³/mol. The maximum absolute atomic E-state index is 12.5. The summed E-state index contributed by atoms with van der Waals surface area (Å²) in [7, 11) is -1.64. The summed E-state index contributed by atoms with van der Waals surface area (Å²) in [5, 5.41) is 6.21. The highest BCUT2D eigenvalue weighted by Crippen LogP contribution is 2.42. The highest BCUT2D eigenvalue weighted by molar-refractivity contribution is 7.89. The molecule has 0 bridgehead atoms. The van der Waals surface area contributed by atoms with Gasteiger partial charge in [-0.25, -0.2) is 13.6 Å². The summed E-state index contributed by atoms with van der Waals surface area (Å²) in [6.45, 7) is 7.42. The van der Waals surface area contributed by atoms with Crippen LogP contribution in [0.15, 0.2) is 29.2 Å². The number of morpholine rings is 1. The third-order valence-electron chi connectivity index (χ3n) is 7.57. The van der Waals surface area contributed by atoms with Crippen molar-refractivity contribution in [2.24, 2.45) is 23.5 Å². The van der Waals surface area contributed by atoms with Gasteiger partial charge in [0.2, 0.25) is 15.9 Å². The second-order valence-corrected chi connectivity index (χ2v) is 11.9. The minimum absolute atomic E-state index is 0. The number of hydrogen-bond acceptors (Lipinski definition) is 4. The van der Waals surface area contributed by atoms with Crippen molar-refractivity contribution in [1.29, 1.82) is 0 Å². The molecule has 2 heterocycles. The third-order valence-corrected chi connectivity index (χ3v) is 8.48. The Morgan fingerprint density at radius 3 is 2.33 bits per heavy atom. The van der Waals surface area contributed by atoms with Gasteiger partial charge in [0, 0.05) is 38.2 Å². The Hall–Kier alpha value is -1.90. The van der Waals surface area contributed by atoms with E-state index < -0.39 is 10.0 Å². The highest BCUT2D eigenvalue weighted by Gasteiger charge is 2.39. The van der Waals surface area contributed by atoms with Crippen LogP contribution in [0.25, 0.3) is 10.9 Å². The summed E-state index contributed by atoms with van der Waals surface area (Å²) in [6, 6.07) is 7.17. The molecule has 1 aromatic carbocycles. The summed E-state index contributed by atoms with van der Waals surface area (Å²) in [5.41, 5.74) is 2.12. The number of rotatable bonds is 3. The van der Waals surface area contributed by atoms with Crippen molar-refractivity contribution in [2.75, 3.05) is 26.3 Å². The minimum atomic E-state index is -3.62. The lowest BCUT2D eigenvalue weighted by Crippen LogP contribution is -2.48. The molecular weight excluding hydrogens is 438 g/mol. The van der Waals surface area contributed by atoms with Gasteiger partial charge in [0.05, 0.1) is 18.1 Å². The van der Waals surface area contributed by atoms with Crippen molar-refractivity contribution in [2.45, 2.75) is 63.2 Å². The fourth-order valence-electron chi connectivity index (χ4n) is 5.04. The predicted octanol–water partition coefficient (Wildman–Crippen LogP) is 4.01. The summed E-state index contributed by atoms with van der Waals surface area (Å²) < 4.78 is 30.0. The average molecular weight is 478 g/mol. The summed E-state index contributed by atoms with van der Waals surface area (Å²) in [5.74, 6) is 1.80. The molecule has 0 radical (unpaired) electrons. The molecule has 7 nitrogen and oxygen atoms in total. The fraction of sp³-hybridized carbons (Fsp3) is 0.640. The molecule has 0 atom stereocenters. The molecule has 5 rings (SSSR count). The number of nitrogens with two attached hydrogens (primary N) is 1.